The molecule has 0 unspecified atom stereocenters. The van der Waals surface area contributed by atoms with Gasteiger partial charge in [0, 0.05) is 23.5 Å². The molecular weight excluding hydrogens is 490 g/mol. The zero-order valence-electron chi connectivity index (χ0n) is 19.6. The Morgan fingerprint density at radius 1 is 0.838 bits per heavy atom. The number of carboxylic acid groups (broad SMARTS) is 1. The predicted molar refractivity (Wildman–Crippen MR) is 128 cm³/mol. The van der Waals surface area contributed by atoms with Crippen LogP contribution >= 0.6 is 0 Å². The van der Waals surface area contributed by atoms with Crippen LogP contribution in [0.5, 0.6) is 0 Å². The maximum atomic E-state index is 13.2. The third-order valence-electron chi connectivity index (χ3n) is 5.33. The van der Waals surface area contributed by atoms with E-state index in [0.29, 0.717) is 5.56 Å². The van der Waals surface area contributed by atoms with E-state index in [1.807, 2.05) is 5.32 Å². The fourth-order valence-corrected chi connectivity index (χ4v) is 3.46. The lowest BCUT2D eigenvalue weighted by atomic mass is 10.0. The zero-order valence-corrected chi connectivity index (χ0v) is 19.6. The fraction of sp³-hybridized carbons (Fsp3) is 0.364. The van der Waals surface area contributed by atoms with Gasteiger partial charge in [-0.3, -0.25) is 24.0 Å². The van der Waals surface area contributed by atoms with E-state index >= 15 is 0 Å². The number of aliphatic hydroxyl groups excluding tert-OH is 1. The summed E-state index contributed by atoms with van der Waals surface area (Å²) in [6.45, 7) is -0.949. The molecule has 0 saturated heterocycles. The smallest absolute Gasteiger partial charge is 0.328 e. The number of carboxylic acids is 1. The van der Waals surface area contributed by atoms with Crippen LogP contribution in [0.2, 0.25) is 0 Å². The van der Waals surface area contributed by atoms with Crippen molar-refractivity contribution >= 4 is 46.4 Å². The van der Waals surface area contributed by atoms with Gasteiger partial charge in [0.05, 0.1) is 25.5 Å². The molecule has 2 rings (SSSR count). The number of fused-ring (bicyclic) bond motifs is 1. The average Bonchev–Trinajstić information content (AvgIpc) is 3.23. The Morgan fingerprint density at radius 3 is 2.00 bits per heavy atom. The Labute approximate surface area is 210 Å². The van der Waals surface area contributed by atoms with Crippen molar-refractivity contribution < 1.29 is 39.0 Å². The van der Waals surface area contributed by atoms with Gasteiger partial charge in [-0.1, -0.05) is 18.2 Å². The number of aromatic amines is 1. The van der Waals surface area contributed by atoms with Crippen molar-refractivity contribution in [3.05, 3.63) is 36.0 Å². The van der Waals surface area contributed by atoms with E-state index in [0.717, 1.165) is 10.9 Å². The van der Waals surface area contributed by atoms with Crippen molar-refractivity contribution in [2.75, 3.05) is 6.61 Å². The Hall–Kier alpha value is -4.50. The van der Waals surface area contributed by atoms with E-state index in [1.54, 1.807) is 30.5 Å². The number of aromatic nitrogens is 1. The monoisotopic (exact) mass is 519 g/mol. The first-order valence-electron chi connectivity index (χ1n) is 11.0. The van der Waals surface area contributed by atoms with Gasteiger partial charge in [-0.25, -0.2) is 4.79 Å². The van der Waals surface area contributed by atoms with Crippen LogP contribution in [0.3, 0.4) is 0 Å². The van der Waals surface area contributed by atoms with Gasteiger partial charge in [-0.05, 0) is 11.6 Å². The van der Waals surface area contributed by atoms with Gasteiger partial charge in [0.25, 0.3) is 0 Å². The molecule has 0 aliphatic heterocycles. The molecule has 15 nitrogen and oxygen atoms in total. The lowest BCUT2D eigenvalue weighted by Gasteiger charge is -2.24. The number of rotatable bonds is 14. The van der Waals surface area contributed by atoms with Gasteiger partial charge in [0.2, 0.25) is 29.5 Å². The summed E-state index contributed by atoms with van der Waals surface area (Å²) in [6.07, 6.45) is 0.332. The van der Waals surface area contributed by atoms with Gasteiger partial charge in [-0.15, -0.1) is 0 Å². The van der Waals surface area contributed by atoms with Crippen molar-refractivity contribution in [3.8, 4) is 0 Å². The van der Waals surface area contributed by atoms with Crippen LogP contribution in [0.1, 0.15) is 18.4 Å². The molecule has 37 heavy (non-hydrogen) atoms. The number of nitrogens with one attached hydrogen (secondary N) is 4. The van der Waals surface area contributed by atoms with Crippen LogP contribution < -0.4 is 33.2 Å². The molecule has 15 heteroatoms. The summed E-state index contributed by atoms with van der Waals surface area (Å²) in [5, 5.41) is 25.6. The molecule has 0 spiro atoms. The minimum Gasteiger partial charge on any atom is -0.480 e. The van der Waals surface area contributed by atoms with Crippen LogP contribution in [0.15, 0.2) is 30.5 Å². The number of hydrogen-bond acceptors (Lipinski definition) is 8. The van der Waals surface area contributed by atoms with Gasteiger partial charge < -0.3 is 48.3 Å². The maximum Gasteiger partial charge on any atom is 0.328 e. The van der Waals surface area contributed by atoms with Crippen LogP contribution in [-0.4, -0.2) is 81.5 Å². The fourth-order valence-electron chi connectivity index (χ4n) is 3.46. The van der Waals surface area contributed by atoms with Crippen LogP contribution in [-0.2, 0) is 35.2 Å². The largest absolute Gasteiger partial charge is 0.480 e. The molecule has 0 aliphatic rings. The van der Waals surface area contributed by atoms with Crippen molar-refractivity contribution in [1.82, 2.24) is 20.9 Å². The van der Waals surface area contributed by atoms with E-state index in [9.17, 15) is 28.8 Å². The molecular formula is C22H29N7O8. The molecule has 0 radical (unpaired) electrons. The number of carbonyl (C=O) groups excluding carboxylic acids is 5. The molecule has 0 aliphatic carbocycles. The second-order valence-electron chi connectivity index (χ2n) is 8.22. The molecule has 200 valence electrons. The molecule has 5 amide bonds. The SMILES string of the molecule is NC(=O)C[C@H](NC(=O)[C@H](Cc1c[nH]c2ccccc12)NC(=O)[C@@H](N)CC(N)=O)C(=O)N[C@H](CO)C(=O)O. The van der Waals surface area contributed by atoms with E-state index in [4.69, 9.17) is 27.4 Å². The van der Waals surface area contributed by atoms with E-state index in [2.05, 4.69) is 15.6 Å². The predicted octanol–water partition coefficient (Wildman–Crippen LogP) is -3.68. The topological polar surface area (TPSA) is 273 Å². The summed E-state index contributed by atoms with van der Waals surface area (Å²) in [7, 11) is 0. The first kappa shape index (κ1) is 28.7. The first-order chi connectivity index (χ1) is 17.4. The molecule has 1 aromatic heterocycles. The lowest BCUT2D eigenvalue weighted by Crippen LogP contribution is -2.58. The summed E-state index contributed by atoms with van der Waals surface area (Å²) in [6, 6.07) is 1.10. The molecule has 1 aromatic carbocycles. The number of nitrogens with two attached hydrogens (primary N) is 3. The molecule has 1 heterocycles. The standard InChI is InChI=1S/C22H29N7O8/c23-12(6-17(24)31)19(33)27-14(5-10-8-26-13-4-2-1-3-11(10)13)20(34)28-15(7-18(25)32)21(35)29-16(9-30)22(36)37/h1-4,8,12,14-16,26,30H,5-7,9,23H2,(H2,24,31)(H2,25,32)(H,27,33)(H,28,34)(H,29,35)(H,36,37)/t12-,14-,15-,16+/m0/s1. The highest BCUT2D eigenvalue weighted by Crippen LogP contribution is 2.19. The molecule has 4 atom stereocenters. The zero-order chi connectivity index (χ0) is 27.7. The van der Waals surface area contributed by atoms with Crippen LogP contribution in [0.4, 0.5) is 0 Å². The van der Waals surface area contributed by atoms with E-state index in [-0.39, 0.29) is 6.42 Å². The highest BCUT2D eigenvalue weighted by molar-refractivity contribution is 5.97. The minimum absolute atomic E-state index is 0.0931. The molecule has 12 N–H and O–H groups in total. The quantitative estimate of drug-likeness (QED) is 0.119. The summed E-state index contributed by atoms with van der Waals surface area (Å²) in [5.41, 5.74) is 17.3. The number of aliphatic carboxylic acids is 1. The molecule has 0 saturated carbocycles. The molecule has 0 bridgehead atoms. The number of H-pyrrole nitrogens is 1. The van der Waals surface area contributed by atoms with Gasteiger partial charge in [0.15, 0.2) is 0 Å². The Morgan fingerprint density at radius 2 is 1.41 bits per heavy atom. The number of primary amides is 2. The van der Waals surface area contributed by atoms with Crippen molar-refractivity contribution in [1.29, 1.82) is 0 Å². The third kappa shape index (κ3) is 8.29. The van der Waals surface area contributed by atoms with Crippen molar-refractivity contribution in [2.24, 2.45) is 17.2 Å². The third-order valence-corrected chi connectivity index (χ3v) is 5.33. The summed E-state index contributed by atoms with van der Waals surface area (Å²) in [4.78, 5) is 75.2. The van der Waals surface area contributed by atoms with Gasteiger partial charge in [0.1, 0.15) is 18.1 Å². The number of hydrogen-bond donors (Lipinski definition) is 9. The highest BCUT2D eigenvalue weighted by Gasteiger charge is 2.31. The first-order valence-corrected chi connectivity index (χ1v) is 11.0. The summed E-state index contributed by atoms with van der Waals surface area (Å²) >= 11 is 0. The van der Waals surface area contributed by atoms with Crippen LogP contribution in [0.25, 0.3) is 10.9 Å². The van der Waals surface area contributed by atoms with Crippen LogP contribution in [0, 0.1) is 0 Å². The van der Waals surface area contributed by atoms with E-state index in [1.165, 1.54) is 0 Å². The minimum atomic E-state index is -1.70. The molecule has 0 fully saturated rings. The van der Waals surface area contributed by atoms with Crippen molar-refractivity contribution in [2.45, 2.75) is 43.4 Å². The van der Waals surface area contributed by atoms with Gasteiger partial charge >= 0.3 is 5.97 Å². The number of aliphatic hydroxyl groups is 1. The number of para-hydroxylation sites is 1. The second kappa shape index (κ2) is 13.0. The second-order valence-corrected chi connectivity index (χ2v) is 8.22. The normalized spacial score (nSPS) is 14.1. The Bertz CT molecular complexity index is 1180. The van der Waals surface area contributed by atoms with Crippen molar-refractivity contribution in [3.63, 3.8) is 0 Å². The van der Waals surface area contributed by atoms with E-state index < -0.39 is 79.1 Å². The number of benzene rings is 1. The highest BCUT2D eigenvalue weighted by atomic mass is 16.4. The lowest BCUT2D eigenvalue weighted by molar-refractivity contribution is -0.143. The molecule has 2 aromatic rings. The number of amides is 5. The summed E-state index contributed by atoms with van der Waals surface area (Å²) < 4.78 is 0. The number of carbonyl (C=O) groups is 6. The Kier molecular flexibility index (Phi) is 10.1. The summed E-state index contributed by atoms with van der Waals surface area (Å²) in [5.74, 6) is -6.28. The average molecular weight is 520 g/mol. The Balaban J connectivity index is 2.31. The maximum absolute atomic E-state index is 13.2. The van der Waals surface area contributed by atoms with Gasteiger partial charge in [-0.2, -0.15) is 0 Å².